The third kappa shape index (κ3) is 4.72. The lowest BCUT2D eigenvalue weighted by molar-refractivity contribution is 0.0119. The Morgan fingerprint density at radius 1 is 1.33 bits per heavy atom. The van der Waals surface area contributed by atoms with Crippen molar-refractivity contribution in [3.8, 4) is 0 Å². The second-order valence-electron chi connectivity index (χ2n) is 5.90. The maximum absolute atomic E-state index is 5.47. The molecule has 4 heteroatoms. The van der Waals surface area contributed by atoms with Gasteiger partial charge in [0.05, 0.1) is 13.2 Å². The first kappa shape index (κ1) is 14.6. The third-order valence-corrected chi connectivity index (χ3v) is 5.04. The highest BCUT2D eigenvalue weighted by atomic mass is 32.2. The van der Waals surface area contributed by atoms with Crippen LogP contribution in [-0.4, -0.2) is 61.3 Å². The van der Waals surface area contributed by atoms with Gasteiger partial charge < -0.3 is 10.1 Å². The molecule has 1 N–H and O–H groups in total. The first-order chi connectivity index (χ1) is 8.75. The van der Waals surface area contributed by atoms with Crippen molar-refractivity contribution in [2.24, 2.45) is 5.92 Å². The van der Waals surface area contributed by atoms with Gasteiger partial charge in [0.1, 0.15) is 0 Å². The Morgan fingerprint density at radius 3 is 2.72 bits per heavy atom. The molecule has 18 heavy (non-hydrogen) atoms. The fourth-order valence-corrected chi connectivity index (χ4v) is 4.03. The summed E-state index contributed by atoms with van der Waals surface area (Å²) in [4.78, 5) is 2.62. The van der Waals surface area contributed by atoms with Crippen LogP contribution in [0, 0.1) is 5.92 Å². The summed E-state index contributed by atoms with van der Waals surface area (Å²) >= 11 is 2.09. The van der Waals surface area contributed by atoms with Crippen LogP contribution >= 0.6 is 11.8 Å². The van der Waals surface area contributed by atoms with E-state index in [1.54, 1.807) is 0 Å². The van der Waals surface area contributed by atoms with E-state index in [-0.39, 0.29) is 0 Å². The molecule has 3 nitrogen and oxygen atoms in total. The Balaban J connectivity index is 1.78. The minimum Gasteiger partial charge on any atom is -0.379 e. The van der Waals surface area contributed by atoms with Gasteiger partial charge in [0.2, 0.25) is 0 Å². The van der Waals surface area contributed by atoms with Gasteiger partial charge in [-0.1, -0.05) is 13.8 Å². The number of hydrogen-bond acceptors (Lipinski definition) is 4. The average molecular weight is 272 g/mol. The highest BCUT2D eigenvalue weighted by Crippen LogP contribution is 2.18. The minimum atomic E-state index is 0.694. The molecular weight excluding hydrogens is 244 g/mol. The molecule has 0 aromatic rings. The Hall–Kier alpha value is 0.230. The molecule has 2 fully saturated rings. The normalized spacial score (nSPS) is 27.8. The molecule has 2 rings (SSSR count). The standard InChI is InChI=1S/C14H28N2OS/c1-12(2)9-14(16-4-6-17-7-5-16)10-15-13-3-8-18-11-13/h12-15H,3-11H2,1-2H3. The van der Waals surface area contributed by atoms with E-state index < -0.39 is 0 Å². The monoisotopic (exact) mass is 272 g/mol. The topological polar surface area (TPSA) is 24.5 Å². The molecule has 0 amide bonds. The van der Waals surface area contributed by atoms with Crippen LogP contribution in [-0.2, 0) is 4.74 Å². The molecule has 2 unspecified atom stereocenters. The number of ether oxygens (including phenoxy) is 1. The molecule has 2 saturated heterocycles. The Bertz CT molecular complexity index is 226. The van der Waals surface area contributed by atoms with Gasteiger partial charge in [0.25, 0.3) is 0 Å². The summed E-state index contributed by atoms with van der Waals surface area (Å²) in [5, 5.41) is 3.78. The van der Waals surface area contributed by atoms with E-state index in [0.29, 0.717) is 6.04 Å². The lowest BCUT2D eigenvalue weighted by Crippen LogP contribution is -2.50. The van der Waals surface area contributed by atoms with Crippen molar-refractivity contribution in [1.82, 2.24) is 10.2 Å². The summed E-state index contributed by atoms with van der Waals surface area (Å²) in [6.07, 6.45) is 2.65. The number of rotatable bonds is 6. The van der Waals surface area contributed by atoms with E-state index in [1.807, 2.05) is 0 Å². The maximum Gasteiger partial charge on any atom is 0.0594 e. The van der Waals surface area contributed by atoms with Crippen molar-refractivity contribution < 1.29 is 4.74 Å². The maximum atomic E-state index is 5.47. The summed E-state index contributed by atoms with van der Waals surface area (Å²) in [6, 6.07) is 1.45. The molecule has 0 aliphatic carbocycles. The second kappa shape index (κ2) is 7.73. The molecule has 2 aliphatic rings. The zero-order valence-electron chi connectivity index (χ0n) is 11.9. The zero-order valence-corrected chi connectivity index (χ0v) is 12.7. The number of nitrogens with zero attached hydrogens (tertiary/aromatic N) is 1. The van der Waals surface area contributed by atoms with Crippen molar-refractivity contribution in [1.29, 1.82) is 0 Å². The van der Waals surface area contributed by atoms with Gasteiger partial charge in [-0.3, -0.25) is 4.90 Å². The van der Waals surface area contributed by atoms with Crippen molar-refractivity contribution >= 4 is 11.8 Å². The number of thioether (sulfide) groups is 1. The SMILES string of the molecule is CC(C)CC(CNC1CCSC1)N1CCOCC1. The third-order valence-electron chi connectivity index (χ3n) is 3.88. The summed E-state index contributed by atoms with van der Waals surface area (Å²) in [5.41, 5.74) is 0. The van der Waals surface area contributed by atoms with Crippen LogP contribution in [0.5, 0.6) is 0 Å². The summed E-state index contributed by atoms with van der Waals surface area (Å²) in [7, 11) is 0. The van der Waals surface area contributed by atoms with Crippen molar-refractivity contribution in [2.45, 2.75) is 38.8 Å². The van der Waals surface area contributed by atoms with Gasteiger partial charge in [-0.15, -0.1) is 0 Å². The predicted octanol–water partition coefficient (Wildman–Crippen LogP) is 1.83. The molecule has 106 valence electrons. The Morgan fingerprint density at radius 2 is 2.11 bits per heavy atom. The first-order valence-corrected chi connectivity index (χ1v) is 8.54. The lowest BCUT2D eigenvalue weighted by atomic mass is 10.0. The van der Waals surface area contributed by atoms with Gasteiger partial charge >= 0.3 is 0 Å². The van der Waals surface area contributed by atoms with E-state index in [2.05, 4.69) is 35.8 Å². The van der Waals surface area contributed by atoms with Crippen LogP contribution < -0.4 is 5.32 Å². The van der Waals surface area contributed by atoms with E-state index in [9.17, 15) is 0 Å². The van der Waals surface area contributed by atoms with Crippen LogP contribution in [0.4, 0.5) is 0 Å². The summed E-state index contributed by atoms with van der Waals surface area (Å²) in [6.45, 7) is 9.86. The number of hydrogen-bond donors (Lipinski definition) is 1. The fourth-order valence-electron chi connectivity index (χ4n) is 2.85. The van der Waals surface area contributed by atoms with Crippen LogP contribution in [0.2, 0.25) is 0 Å². The highest BCUT2D eigenvalue weighted by molar-refractivity contribution is 7.99. The molecule has 0 saturated carbocycles. The molecular formula is C14H28N2OS. The molecule has 0 bridgehead atoms. The van der Waals surface area contributed by atoms with Crippen LogP contribution in [0.15, 0.2) is 0 Å². The first-order valence-electron chi connectivity index (χ1n) is 7.38. The molecule has 2 atom stereocenters. The van der Waals surface area contributed by atoms with Crippen molar-refractivity contribution in [2.75, 3.05) is 44.4 Å². The summed E-state index contributed by atoms with van der Waals surface area (Å²) < 4.78 is 5.47. The highest BCUT2D eigenvalue weighted by Gasteiger charge is 2.23. The summed E-state index contributed by atoms with van der Waals surface area (Å²) in [5.74, 6) is 3.42. The van der Waals surface area contributed by atoms with Crippen molar-refractivity contribution in [3.05, 3.63) is 0 Å². The van der Waals surface area contributed by atoms with E-state index >= 15 is 0 Å². The van der Waals surface area contributed by atoms with Crippen LogP contribution in [0.3, 0.4) is 0 Å². The molecule has 2 aliphatic heterocycles. The van der Waals surface area contributed by atoms with E-state index in [0.717, 1.165) is 44.8 Å². The van der Waals surface area contributed by atoms with Gasteiger partial charge in [-0.25, -0.2) is 0 Å². The lowest BCUT2D eigenvalue weighted by Gasteiger charge is -2.36. The molecule has 2 heterocycles. The van der Waals surface area contributed by atoms with Crippen molar-refractivity contribution in [3.63, 3.8) is 0 Å². The van der Waals surface area contributed by atoms with Gasteiger partial charge in [-0.05, 0) is 24.5 Å². The van der Waals surface area contributed by atoms with Gasteiger partial charge in [0.15, 0.2) is 0 Å². The molecule has 0 spiro atoms. The smallest absolute Gasteiger partial charge is 0.0594 e. The van der Waals surface area contributed by atoms with Crippen LogP contribution in [0.1, 0.15) is 26.7 Å². The molecule has 0 aromatic heterocycles. The van der Waals surface area contributed by atoms with Gasteiger partial charge in [-0.2, -0.15) is 11.8 Å². The minimum absolute atomic E-state index is 0.694. The fraction of sp³-hybridized carbons (Fsp3) is 1.00. The number of nitrogens with one attached hydrogen (secondary N) is 1. The van der Waals surface area contributed by atoms with E-state index in [4.69, 9.17) is 4.74 Å². The predicted molar refractivity (Wildman–Crippen MR) is 79.4 cm³/mol. The van der Waals surface area contributed by atoms with Gasteiger partial charge in [0, 0.05) is 37.5 Å². The van der Waals surface area contributed by atoms with Crippen LogP contribution in [0.25, 0.3) is 0 Å². The zero-order chi connectivity index (χ0) is 12.8. The second-order valence-corrected chi connectivity index (χ2v) is 7.05. The Kier molecular flexibility index (Phi) is 6.29. The molecule has 0 aromatic carbocycles. The number of morpholine rings is 1. The molecule has 0 radical (unpaired) electrons. The Labute approximate surface area is 116 Å². The quantitative estimate of drug-likeness (QED) is 0.797. The van der Waals surface area contributed by atoms with E-state index in [1.165, 1.54) is 24.3 Å². The average Bonchev–Trinajstić information content (AvgIpc) is 2.88. The largest absolute Gasteiger partial charge is 0.379 e.